The van der Waals surface area contributed by atoms with E-state index in [2.05, 4.69) is 0 Å². The van der Waals surface area contributed by atoms with Gasteiger partial charge in [-0.05, 0) is 38.7 Å². The summed E-state index contributed by atoms with van der Waals surface area (Å²) < 4.78 is 10.6. The van der Waals surface area contributed by atoms with Gasteiger partial charge in [0.1, 0.15) is 6.61 Å². The van der Waals surface area contributed by atoms with Crippen molar-refractivity contribution < 1.29 is 23.9 Å². The lowest BCUT2D eigenvalue weighted by Gasteiger charge is -2.34. The Balaban J connectivity index is 2.00. The second-order valence-electron chi connectivity index (χ2n) is 7.47. The van der Waals surface area contributed by atoms with E-state index in [1.165, 1.54) is 0 Å². The molecule has 1 saturated heterocycles. The number of imide groups is 1. The van der Waals surface area contributed by atoms with E-state index in [1.807, 2.05) is 37.3 Å². The third-order valence-electron chi connectivity index (χ3n) is 3.94. The Labute approximate surface area is 148 Å². The van der Waals surface area contributed by atoms with Crippen LogP contribution in [0.3, 0.4) is 0 Å². The van der Waals surface area contributed by atoms with E-state index in [1.54, 1.807) is 20.8 Å². The van der Waals surface area contributed by atoms with E-state index in [9.17, 15) is 14.4 Å². The fourth-order valence-electron chi connectivity index (χ4n) is 2.48. The maximum absolute atomic E-state index is 12.5. The van der Waals surface area contributed by atoms with Crippen molar-refractivity contribution in [1.29, 1.82) is 0 Å². The topological polar surface area (TPSA) is 72.9 Å². The SMILES string of the molecule is C[C@@H]1C[C@H](OC(=O)C(C)(C)C)C(=O)N(C(=O)OCc2ccccc2)C1. The first-order chi connectivity index (χ1) is 11.7. The number of rotatable bonds is 3. The summed E-state index contributed by atoms with van der Waals surface area (Å²) in [4.78, 5) is 37.9. The predicted octanol–water partition coefficient (Wildman–Crippen LogP) is 3.15. The highest BCUT2D eigenvalue weighted by molar-refractivity contribution is 5.96. The van der Waals surface area contributed by atoms with Gasteiger partial charge in [-0.1, -0.05) is 37.3 Å². The number of amides is 2. The summed E-state index contributed by atoms with van der Waals surface area (Å²) in [6, 6.07) is 9.23. The van der Waals surface area contributed by atoms with Crippen molar-refractivity contribution in [3.8, 4) is 0 Å². The minimum Gasteiger partial charge on any atom is -0.452 e. The van der Waals surface area contributed by atoms with Crippen LogP contribution in [0.4, 0.5) is 4.79 Å². The molecule has 1 aromatic rings. The Hall–Kier alpha value is -2.37. The van der Waals surface area contributed by atoms with Crippen LogP contribution in [0.5, 0.6) is 0 Å². The first-order valence-electron chi connectivity index (χ1n) is 8.41. The zero-order valence-corrected chi connectivity index (χ0v) is 15.2. The van der Waals surface area contributed by atoms with Crippen molar-refractivity contribution in [2.24, 2.45) is 11.3 Å². The number of carbonyl (C=O) groups excluding carboxylic acids is 3. The normalized spacial score (nSPS) is 21.0. The third-order valence-corrected chi connectivity index (χ3v) is 3.94. The first kappa shape index (κ1) is 19.0. The monoisotopic (exact) mass is 347 g/mol. The molecule has 6 heteroatoms. The van der Waals surface area contributed by atoms with Crippen molar-refractivity contribution >= 4 is 18.0 Å². The molecule has 0 N–H and O–H groups in total. The Morgan fingerprint density at radius 2 is 1.84 bits per heavy atom. The average Bonchev–Trinajstić information content (AvgIpc) is 2.55. The van der Waals surface area contributed by atoms with Gasteiger partial charge < -0.3 is 9.47 Å². The molecule has 25 heavy (non-hydrogen) atoms. The fraction of sp³-hybridized carbons (Fsp3) is 0.526. The van der Waals surface area contributed by atoms with Crippen molar-refractivity contribution in [3.05, 3.63) is 35.9 Å². The van der Waals surface area contributed by atoms with Crippen molar-refractivity contribution in [2.75, 3.05) is 6.54 Å². The van der Waals surface area contributed by atoms with Crippen LogP contribution in [0.1, 0.15) is 39.7 Å². The second kappa shape index (κ2) is 7.68. The molecule has 2 atom stereocenters. The molecule has 0 unspecified atom stereocenters. The van der Waals surface area contributed by atoms with E-state index >= 15 is 0 Å². The van der Waals surface area contributed by atoms with Gasteiger partial charge in [0.2, 0.25) is 0 Å². The van der Waals surface area contributed by atoms with Crippen LogP contribution < -0.4 is 0 Å². The molecule has 2 amide bonds. The number of hydrogen-bond donors (Lipinski definition) is 0. The van der Waals surface area contributed by atoms with Crippen LogP contribution in [-0.4, -0.2) is 35.5 Å². The molecule has 2 rings (SSSR count). The van der Waals surface area contributed by atoms with Gasteiger partial charge in [-0.2, -0.15) is 0 Å². The molecule has 0 saturated carbocycles. The van der Waals surface area contributed by atoms with Crippen LogP contribution in [0.15, 0.2) is 30.3 Å². The quantitative estimate of drug-likeness (QED) is 0.785. The predicted molar refractivity (Wildman–Crippen MR) is 91.5 cm³/mol. The average molecular weight is 347 g/mol. The highest BCUT2D eigenvalue weighted by Crippen LogP contribution is 2.24. The summed E-state index contributed by atoms with van der Waals surface area (Å²) in [7, 11) is 0. The lowest BCUT2D eigenvalue weighted by atomic mass is 9.95. The summed E-state index contributed by atoms with van der Waals surface area (Å²) in [5.41, 5.74) is 0.128. The number of benzene rings is 1. The molecule has 1 aromatic carbocycles. The van der Waals surface area contributed by atoms with Crippen LogP contribution in [0.2, 0.25) is 0 Å². The molecule has 1 heterocycles. The molecule has 0 radical (unpaired) electrons. The molecule has 1 aliphatic heterocycles. The summed E-state index contributed by atoms with van der Waals surface area (Å²) in [5.74, 6) is -0.953. The Morgan fingerprint density at radius 1 is 1.20 bits per heavy atom. The van der Waals surface area contributed by atoms with Gasteiger partial charge in [-0.25, -0.2) is 9.69 Å². The second-order valence-corrected chi connectivity index (χ2v) is 7.47. The summed E-state index contributed by atoms with van der Waals surface area (Å²) in [5, 5.41) is 0. The maximum Gasteiger partial charge on any atom is 0.416 e. The van der Waals surface area contributed by atoms with Crippen molar-refractivity contribution in [3.63, 3.8) is 0 Å². The standard InChI is InChI=1S/C19H25NO5/c1-13-10-15(25-17(22)19(2,3)4)16(21)20(11-13)18(23)24-12-14-8-6-5-7-9-14/h5-9,13,15H,10-12H2,1-4H3/t13-,15+/m1/s1. The Morgan fingerprint density at radius 3 is 2.44 bits per heavy atom. The van der Waals surface area contributed by atoms with E-state index in [-0.39, 0.29) is 19.1 Å². The molecule has 136 valence electrons. The van der Waals surface area contributed by atoms with Gasteiger partial charge >= 0.3 is 12.1 Å². The van der Waals surface area contributed by atoms with Gasteiger partial charge in [0.25, 0.3) is 5.91 Å². The minimum absolute atomic E-state index is 0.0275. The van der Waals surface area contributed by atoms with Gasteiger partial charge in [0, 0.05) is 6.54 Å². The molecule has 0 aliphatic carbocycles. The highest BCUT2D eigenvalue weighted by atomic mass is 16.6. The largest absolute Gasteiger partial charge is 0.452 e. The Kier molecular flexibility index (Phi) is 5.82. The van der Waals surface area contributed by atoms with Crippen LogP contribution in [0, 0.1) is 11.3 Å². The van der Waals surface area contributed by atoms with E-state index in [0.717, 1.165) is 10.5 Å². The van der Waals surface area contributed by atoms with E-state index in [4.69, 9.17) is 9.47 Å². The van der Waals surface area contributed by atoms with E-state index in [0.29, 0.717) is 6.42 Å². The fourth-order valence-corrected chi connectivity index (χ4v) is 2.48. The third kappa shape index (κ3) is 5.05. The molecule has 0 bridgehead atoms. The Bertz CT molecular complexity index is 635. The zero-order valence-electron chi connectivity index (χ0n) is 15.2. The zero-order chi connectivity index (χ0) is 18.6. The number of carbonyl (C=O) groups is 3. The number of hydrogen-bond acceptors (Lipinski definition) is 5. The molecule has 0 aromatic heterocycles. The molecule has 1 fully saturated rings. The molecule has 0 spiro atoms. The first-order valence-corrected chi connectivity index (χ1v) is 8.41. The summed E-state index contributed by atoms with van der Waals surface area (Å²) >= 11 is 0. The molecular formula is C19H25NO5. The molecule has 1 aliphatic rings. The molecule has 6 nitrogen and oxygen atoms in total. The van der Waals surface area contributed by atoms with Crippen LogP contribution in [0.25, 0.3) is 0 Å². The lowest BCUT2D eigenvalue weighted by molar-refractivity contribution is -0.170. The summed E-state index contributed by atoms with van der Waals surface area (Å²) in [6.45, 7) is 7.41. The summed E-state index contributed by atoms with van der Waals surface area (Å²) in [6.07, 6.45) is -1.25. The molecular weight excluding hydrogens is 322 g/mol. The number of ether oxygens (including phenoxy) is 2. The van der Waals surface area contributed by atoms with Crippen molar-refractivity contribution in [2.45, 2.75) is 46.8 Å². The number of piperidine rings is 1. The van der Waals surface area contributed by atoms with Gasteiger partial charge in [0.15, 0.2) is 6.10 Å². The van der Waals surface area contributed by atoms with Crippen LogP contribution >= 0.6 is 0 Å². The smallest absolute Gasteiger partial charge is 0.416 e. The van der Waals surface area contributed by atoms with E-state index < -0.39 is 29.5 Å². The van der Waals surface area contributed by atoms with Crippen LogP contribution in [-0.2, 0) is 25.7 Å². The van der Waals surface area contributed by atoms with Gasteiger partial charge in [0.05, 0.1) is 5.41 Å². The highest BCUT2D eigenvalue weighted by Gasteiger charge is 2.40. The lowest BCUT2D eigenvalue weighted by Crippen LogP contribution is -2.52. The van der Waals surface area contributed by atoms with Gasteiger partial charge in [-0.15, -0.1) is 0 Å². The van der Waals surface area contributed by atoms with Crippen molar-refractivity contribution in [1.82, 2.24) is 4.90 Å². The van der Waals surface area contributed by atoms with Gasteiger partial charge in [-0.3, -0.25) is 9.59 Å². The number of likely N-dealkylation sites (tertiary alicyclic amines) is 1. The minimum atomic E-state index is -0.945. The number of nitrogens with zero attached hydrogens (tertiary/aromatic N) is 1. The maximum atomic E-state index is 12.5. The number of esters is 1.